The van der Waals surface area contributed by atoms with Crippen molar-refractivity contribution in [1.82, 2.24) is 0 Å². The monoisotopic (exact) mass is 551 g/mol. The molecule has 4 N–H and O–H groups in total. The number of hydrogen-bond donors (Lipinski definition) is 3. The molecule has 2 rings (SSSR count). The molecule has 1 aromatic rings. The van der Waals surface area contributed by atoms with Crippen molar-refractivity contribution in [2.75, 3.05) is 11.9 Å². The van der Waals surface area contributed by atoms with Crippen molar-refractivity contribution in [3.63, 3.8) is 0 Å². The van der Waals surface area contributed by atoms with Gasteiger partial charge in [0, 0.05) is 26.5 Å². The highest BCUT2D eigenvalue weighted by Gasteiger charge is 2.48. The fourth-order valence-corrected chi connectivity index (χ4v) is 2.68. The molecule has 1 saturated heterocycles. The third-order valence-electron chi connectivity index (χ3n) is 4.14. The predicted octanol–water partition coefficient (Wildman–Crippen LogP) is 1.33. The van der Waals surface area contributed by atoms with Crippen LogP contribution in [-0.4, -0.2) is 78.1 Å². The quantitative estimate of drug-likeness (QED) is 0.198. The van der Waals surface area contributed by atoms with Crippen LogP contribution in [-0.2, 0) is 43.0 Å². The van der Waals surface area contributed by atoms with E-state index in [9.17, 15) is 32.3 Å². The molecule has 0 spiro atoms. The number of oxime groups is 1. The molecule has 0 unspecified atom stereocenters. The van der Waals surface area contributed by atoms with Crippen LogP contribution in [0.3, 0.4) is 0 Å². The molecule has 0 radical (unpaired) electrons. The van der Waals surface area contributed by atoms with Gasteiger partial charge in [-0.1, -0.05) is 18.2 Å². The van der Waals surface area contributed by atoms with Crippen LogP contribution in [0.5, 0.6) is 0 Å². The topological polar surface area (TPSA) is 202 Å². The Kier molecular flexibility index (Phi) is 11.9. The van der Waals surface area contributed by atoms with Crippen LogP contribution in [0.2, 0.25) is 0 Å². The van der Waals surface area contributed by atoms with E-state index in [1.807, 2.05) is 0 Å². The number of ether oxygens (including phenoxy) is 4. The van der Waals surface area contributed by atoms with Crippen LogP contribution < -0.4 is 11.1 Å². The van der Waals surface area contributed by atoms with Gasteiger partial charge in [0.05, 0.1) is 0 Å². The maximum Gasteiger partial charge on any atom is 0.490 e. The SMILES string of the molecule is CC(=O)OC[C@H]1O/C(=N\OC(=O)Nc2ccccc2)[C@H](N)[C@@H](OC(C)=O)[C@@H]1OC(C)=O.O=C(O)C(F)(F)F. The highest BCUT2D eigenvalue weighted by Crippen LogP contribution is 2.24. The summed E-state index contributed by atoms with van der Waals surface area (Å²) in [5, 5.41) is 13.2. The molecular formula is C21H24F3N3O11. The van der Waals surface area contributed by atoms with Gasteiger partial charge in [0.2, 0.25) is 5.90 Å². The van der Waals surface area contributed by atoms with Crippen molar-refractivity contribution < 1.29 is 66.0 Å². The van der Waals surface area contributed by atoms with Gasteiger partial charge in [-0.15, -0.1) is 0 Å². The summed E-state index contributed by atoms with van der Waals surface area (Å²) in [6.45, 7) is 3.08. The van der Waals surface area contributed by atoms with Crippen molar-refractivity contribution >= 4 is 41.6 Å². The number of para-hydroxylation sites is 1. The molecule has 1 aliphatic heterocycles. The number of nitrogens with two attached hydrogens (primary N) is 1. The zero-order chi connectivity index (χ0) is 29.0. The van der Waals surface area contributed by atoms with E-state index in [0.29, 0.717) is 5.69 Å². The van der Waals surface area contributed by atoms with Gasteiger partial charge in [-0.2, -0.15) is 13.2 Å². The number of halogens is 3. The number of carbonyl (C=O) groups excluding carboxylic acids is 4. The minimum Gasteiger partial charge on any atom is -0.475 e. The zero-order valence-corrected chi connectivity index (χ0v) is 20.1. The minimum atomic E-state index is -5.08. The molecule has 17 heteroatoms. The van der Waals surface area contributed by atoms with Crippen LogP contribution >= 0.6 is 0 Å². The minimum absolute atomic E-state index is 0.324. The lowest BCUT2D eigenvalue weighted by Crippen LogP contribution is -2.62. The fraction of sp³-hybridized carbons (Fsp3) is 0.429. The van der Waals surface area contributed by atoms with E-state index in [1.54, 1.807) is 30.3 Å². The van der Waals surface area contributed by atoms with Gasteiger partial charge in [0.25, 0.3) is 0 Å². The molecule has 4 atom stereocenters. The van der Waals surface area contributed by atoms with Crippen LogP contribution in [0.15, 0.2) is 35.5 Å². The Morgan fingerprint density at radius 3 is 2.00 bits per heavy atom. The van der Waals surface area contributed by atoms with Gasteiger partial charge < -0.3 is 29.8 Å². The van der Waals surface area contributed by atoms with Crippen molar-refractivity contribution in [2.24, 2.45) is 10.9 Å². The van der Waals surface area contributed by atoms with E-state index in [-0.39, 0.29) is 12.5 Å². The summed E-state index contributed by atoms with van der Waals surface area (Å²) in [7, 11) is 0. The Balaban J connectivity index is 0.000000905. The fourth-order valence-electron chi connectivity index (χ4n) is 2.68. The second kappa shape index (κ2) is 14.4. The van der Waals surface area contributed by atoms with E-state index in [4.69, 9.17) is 39.4 Å². The highest BCUT2D eigenvalue weighted by atomic mass is 19.4. The van der Waals surface area contributed by atoms with Gasteiger partial charge in [-0.25, -0.2) is 9.59 Å². The van der Waals surface area contributed by atoms with Crippen LogP contribution in [0.4, 0.5) is 23.7 Å². The molecule has 210 valence electrons. The molecule has 0 saturated carbocycles. The molecule has 1 aromatic carbocycles. The van der Waals surface area contributed by atoms with E-state index >= 15 is 0 Å². The molecular weight excluding hydrogens is 527 g/mol. The smallest absolute Gasteiger partial charge is 0.475 e. The van der Waals surface area contributed by atoms with Crippen molar-refractivity contribution in [3.8, 4) is 0 Å². The Bertz CT molecular complexity index is 1030. The Labute approximate surface area is 212 Å². The molecule has 1 fully saturated rings. The average molecular weight is 551 g/mol. The number of anilines is 1. The zero-order valence-electron chi connectivity index (χ0n) is 20.1. The molecule has 1 amide bonds. The number of nitrogens with one attached hydrogen (secondary N) is 1. The van der Waals surface area contributed by atoms with E-state index < -0.39 is 60.5 Å². The second-order valence-electron chi connectivity index (χ2n) is 7.23. The van der Waals surface area contributed by atoms with Gasteiger partial charge in [-0.3, -0.25) is 24.5 Å². The lowest BCUT2D eigenvalue weighted by molar-refractivity contribution is -0.192. The number of amides is 1. The molecule has 0 aromatic heterocycles. The largest absolute Gasteiger partial charge is 0.490 e. The number of rotatable bonds is 6. The Hall–Kier alpha value is -4.41. The van der Waals surface area contributed by atoms with Crippen molar-refractivity contribution in [1.29, 1.82) is 0 Å². The average Bonchev–Trinajstić information content (AvgIpc) is 2.80. The first-order valence-corrected chi connectivity index (χ1v) is 10.4. The number of benzene rings is 1. The van der Waals surface area contributed by atoms with E-state index in [2.05, 4.69) is 10.5 Å². The summed E-state index contributed by atoms with van der Waals surface area (Å²) in [6, 6.07) is 7.20. The summed E-state index contributed by atoms with van der Waals surface area (Å²) >= 11 is 0. The number of carboxylic acid groups (broad SMARTS) is 1. The molecule has 0 aliphatic carbocycles. The first-order valence-electron chi connectivity index (χ1n) is 10.4. The van der Waals surface area contributed by atoms with Gasteiger partial charge in [0.1, 0.15) is 12.6 Å². The molecule has 14 nitrogen and oxygen atoms in total. The summed E-state index contributed by atoms with van der Waals surface area (Å²) in [4.78, 5) is 59.9. The van der Waals surface area contributed by atoms with Crippen LogP contribution in [0.25, 0.3) is 0 Å². The molecule has 1 aliphatic rings. The van der Waals surface area contributed by atoms with Gasteiger partial charge in [-0.05, 0) is 17.3 Å². The molecule has 0 bridgehead atoms. The number of carboxylic acids is 1. The summed E-state index contributed by atoms with van der Waals surface area (Å²) < 4.78 is 52.6. The second-order valence-corrected chi connectivity index (χ2v) is 7.23. The summed E-state index contributed by atoms with van der Waals surface area (Å²) in [5.41, 5.74) is 6.51. The van der Waals surface area contributed by atoms with Gasteiger partial charge in [0.15, 0.2) is 18.3 Å². The van der Waals surface area contributed by atoms with E-state index in [0.717, 1.165) is 13.8 Å². The summed E-state index contributed by atoms with van der Waals surface area (Å²) in [6.07, 6.45) is -9.59. The van der Waals surface area contributed by atoms with Crippen molar-refractivity contribution in [2.45, 2.75) is 51.3 Å². The number of esters is 3. The van der Waals surface area contributed by atoms with Crippen molar-refractivity contribution in [3.05, 3.63) is 30.3 Å². The Morgan fingerprint density at radius 2 is 1.53 bits per heavy atom. The third kappa shape index (κ3) is 11.1. The van der Waals surface area contributed by atoms with Crippen LogP contribution in [0, 0.1) is 0 Å². The number of aliphatic carboxylic acids is 1. The highest BCUT2D eigenvalue weighted by molar-refractivity contribution is 5.87. The molecule has 38 heavy (non-hydrogen) atoms. The standard InChI is InChI=1S/C19H23N3O9.C2HF3O2/c1-10(23)27-9-14-16(28-11(2)24)17(29-12(3)25)15(20)18(30-14)22-31-19(26)21-13-7-5-4-6-8-13;3-2(4,5)1(6)7/h4-8,14-17H,9,20H2,1-3H3,(H,21,26);(H,6,7)/b22-18-;/t14-,15-,16-,17-;/m1./s1. The Morgan fingerprint density at radius 1 is 1.00 bits per heavy atom. The first-order chi connectivity index (χ1) is 17.6. The maximum atomic E-state index is 12.0. The predicted molar refractivity (Wildman–Crippen MR) is 118 cm³/mol. The lowest BCUT2D eigenvalue weighted by atomic mass is 9.97. The number of nitrogens with zero attached hydrogens (tertiary/aromatic N) is 1. The number of hydrogen-bond acceptors (Lipinski definition) is 12. The van der Waals surface area contributed by atoms with Gasteiger partial charge >= 0.3 is 36.1 Å². The number of alkyl halides is 3. The summed E-state index contributed by atoms with van der Waals surface area (Å²) in [5.74, 6) is -5.12. The van der Waals surface area contributed by atoms with Crippen LogP contribution in [0.1, 0.15) is 20.8 Å². The maximum absolute atomic E-state index is 12.0. The normalized spacial score (nSPS) is 21.5. The third-order valence-corrected chi connectivity index (χ3v) is 4.14. The number of carbonyl (C=O) groups is 5. The first kappa shape index (κ1) is 31.6. The lowest BCUT2D eigenvalue weighted by Gasteiger charge is -2.39. The van der Waals surface area contributed by atoms with E-state index in [1.165, 1.54) is 6.92 Å². The molecule has 1 heterocycles.